The molecule has 0 spiro atoms. The zero-order valence-corrected chi connectivity index (χ0v) is 16.6. The fourth-order valence-electron chi connectivity index (χ4n) is 2.04. The molecular formula is C19H24ClNO2Si. The van der Waals surface area contributed by atoms with Gasteiger partial charge in [0.25, 0.3) is 0 Å². The van der Waals surface area contributed by atoms with E-state index < -0.39 is 8.32 Å². The molecule has 24 heavy (non-hydrogen) atoms. The highest BCUT2D eigenvalue weighted by atomic mass is 35.5. The monoisotopic (exact) mass is 361 g/mol. The van der Waals surface area contributed by atoms with Crippen LogP contribution in [0.25, 0.3) is 11.1 Å². The van der Waals surface area contributed by atoms with E-state index in [0.717, 1.165) is 16.9 Å². The molecule has 0 amide bonds. The normalized spacial score (nSPS) is 12.6. The van der Waals surface area contributed by atoms with Crippen molar-refractivity contribution in [3.8, 4) is 16.9 Å². The predicted octanol–water partition coefficient (Wildman–Crippen LogP) is 6.20. The number of rotatable bonds is 4. The van der Waals surface area contributed by atoms with E-state index in [4.69, 9.17) is 21.2 Å². The molecule has 2 aromatic carbocycles. The number of benzene rings is 2. The van der Waals surface area contributed by atoms with Crippen molar-refractivity contribution >= 4 is 26.1 Å². The van der Waals surface area contributed by atoms with E-state index in [1.54, 1.807) is 0 Å². The molecule has 0 radical (unpaired) electrons. The molecule has 0 aliphatic heterocycles. The van der Waals surface area contributed by atoms with Crippen molar-refractivity contribution in [3.05, 3.63) is 53.1 Å². The third-order valence-electron chi connectivity index (χ3n) is 4.56. The molecule has 0 bridgehead atoms. The number of hydrogen-bond acceptors (Lipinski definition) is 3. The van der Waals surface area contributed by atoms with Gasteiger partial charge in [0.2, 0.25) is 8.32 Å². The van der Waals surface area contributed by atoms with Gasteiger partial charge in [0.05, 0.1) is 11.2 Å². The van der Waals surface area contributed by atoms with Crippen LogP contribution in [0.2, 0.25) is 23.2 Å². The molecule has 0 unspecified atom stereocenters. The van der Waals surface area contributed by atoms with E-state index in [-0.39, 0.29) is 5.04 Å². The van der Waals surface area contributed by atoms with Gasteiger partial charge in [-0.2, -0.15) is 0 Å². The van der Waals surface area contributed by atoms with Crippen molar-refractivity contribution in [1.29, 1.82) is 0 Å². The van der Waals surface area contributed by atoms with Crippen molar-refractivity contribution < 1.29 is 9.63 Å². The minimum absolute atomic E-state index is 0.170. The summed E-state index contributed by atoms with van der Waals surface area (Å²) in [4.78, 5) is 0. The highest BCUT2D eigenvalue weighted by Crippen LogP contribution is 2.37. The van der Waals surface area contributed by atoms with Crippen LogP contribution >= 0.6 is 11.6 Å². The zero-order chi connectivity index (χ0) is 18.0. The first-order valence-corrected chi connectivity index (χ1v) is 11.2. The predicted molar refractivity (Wildman–Crippen MR) is 104 cm³/mol. The molecule has 0 aliphatic rings. The smallest absolute Gasteiger partial charge is 0.250 e. The Morgan fingerprint density at radius 1 is 1.04 bits per heavy atom. The van der Waals surface area contributed by atoms with E-state index in [1.807, 2.05) is 42.5 Å². The highest BCUT2D eigenvalue weighted by Gasteiger charge is 2.38. The fourth-order valence-corrected chi connectivity index (χ4v) is 3.30. The van der Waals surface area contributed by atoms with Gasteiger partial charge in [-0.3, -0.25) is 0 Å². The van der Waals surface area contributed by atoms with Gasteiger partial charge in [-0.25, -0.2) is 0 Å². The lowest BCUT2D eigenvalue weighted by atomic mass is 10.0. The Kier molecular flexibility index (Phi) is 5.41. The summed E-state index contributed by atoms with van der Waals surface area (Å²) in [6.07, 6.45) is 1.32. The number of halogens is 1. The molecule has 5 heteroatoms. The lowest BCUT2D eigenvalue weighted by Crippen LogP contribution is -2.43. The first-order valence-electron chi connectivity index (χ1n) is 7.90. The first-order chi connectivity index (χ1) is 11.1. The molecule has 0 saturated carbocycles. The number of hydrogen-bond donors (Lipinski definition) is 1. The van der Waals surface area contributed by atoms with Crippen LogP contribution in [0.5, 0.6) is 5.75 Å². The molecule has 0 fully saturated rings. The third kappa shape index (κ3) is 4.19. The van der Waals surface area contributed by atoms with E-state index in [1.165, 1.54) is 6.21 Å². The van der Waals surface area contributed by atoms with Crippen LogP contribution in [-0.2, 0) is 0 Å². The second-order valence-electron chi connectivity index (χ2n) is 7.37. The number of oxime groups is 1. The molecule has 3 nitrogen and oxygen atoms in total. The average Bonchev–Trinajstić information content (AvgIpc) is 2.49. The fraction of sp³-hybridized carbons (Fsp3) is 0.316. The van der Waals surface area contributed by atoms with Gasteiger partial charge in [0.1, 0.15) is 5.75 Å². The summed E-state index contributed by atoms with van der Waals surface area (Å²) < 4.78 is 6.30. The van der Waals surface area contributed by atoms with E-state index in [2.05, 4.69) is 39.0 Å². The van der Waals surface area contributed by atoms with E-state index in [0.29, 0.717) is 10.6 Å². The van der Waals surface area contributed by atoms with Crippen LogP contribution in [0.15, 0.2) is 47.6 Å². The van der Waals surface area contributed by atoms with E-state index >= 15 is 0 Å². The molecule has 0 heterocycles. The summed E-state index contributed by atoms with van der Waals surface area (Å²) in [5.41, 5.74) is 2.75. The SMILES string of the molecule is CC(C)(C)[Si](C)(C)Oc1ccc(-c2ccc(C=NO)c(Cl)c2)cc1. The minimum atomic E-state index is -1.83. The second kappa shape index (κ2) is 6.99. The van der Waals surface area contributed by atoms with Gasteiger partial charge in [-0.15, -0.1) is 0 Å². The first kappa shape index (κ1) is 18.6. The van der Waals surface area contributed by atoms with Crippen molar-refractivity contribution in [2.75, 3.05) is 0 Å². The van der Waals surface area contributed by atoms with Crippen LogP contribution in [-0.4, -0.2) is 19.7 Å². The Morgan fingerprint density at radius 3 is 2.12 bits per heavy atom. The summed E-state index contributed by atoms with van der Waals surface area (Å²) in [6.45, 7) is 11.2. The summed E-state index contributed by atoms with van der Waals surface area (Å²) in [7, 11) is -1.83. The van der Waals surface area contributed by atoms with Gasteiger partial charge < -0.3 is 9.63 Å². The largest absolute Gasteiger partial charge is 0.544 e. The van der Waals surface area contributed by atoms with Crippen LogP contribution in [0.4, 0.5) is 0 Å². The van der Waals surface area contributed by atoms with Crippen molar-refractivity contribution in [2.24, 2.45) is 5.16 Å². The Morgan fingerprint density at radius 2 is 1.62 bits per heavy atom. The molecule has 0 atom stereocenters. The maximum Gasteiger partial charge on any atom is 0.250 e. The summed E-state index contributed by atoms with van der Waals surface area (Å²) in [5, 5.41) is 12.3. The molecule has 0 saturated heterocycles. The number of nitrogens with zero attached hydrogens (tertiary/aromatic N) is 1. The van der Waals surface area contributed by atoms with Gasteiger partial charge in [0.15, 0.2) is 0 Å². The molecule has 0 aliphatic carbocycles. The molecule has 2 aromatic rings. The maximum absolute atomic E-state index is 8.61. The Labute approximate surface area is 150 Å². The van der Waals surface area contributed by atoms with Crippen LogP contribution in [0.1, 0.15) is 26.3 Å². The zero-order valence-electron chi connectivity index (χ0n) is 14.8. The van der Waals surface area contributed by atoms with Crippen molar-refractivity contribution in [2.45, 2.75) is 38.9 Å². The molecule has 128 valence electrons. The summed E-state index contributed by atoms with van der Waals surface area (Å²) >= 11 is 6.21. The summed E-state index contributed by atoms with van der Waals surface area (Å²) in [5.74, 6) is 0.903. The van der Waals surface area contributed by atoms with Crippen molar-refractivity contribution in [1.82, 2.24) is 0 Å². The van der Waals surface area contributed by atoms with Crippen LogP contribution in [0.3, 0.4) is 0 Å². The van der Waals surface area contributed by atoms with Gasteiger partial charge in [-0.05, 0) is 47.5 Å². The summed E-state index contributed by atoms with van der Waals surface area (Å²) in [6, 6.07) is 13.7. The average molecular weight is 362 g/mol. The Hall–Kier alpha value is -1.78. The Bertz CT molecular complexity index is 734. The Balaban J connectivity index is 2.22. The van der Waals surface area contributed by atoms with Crippen LogP contribution in [0, 0.1) is 0 Å². The lowest BCUT2D eigenvalue weighted by Gasteiger charge is -2.36. The molecular weight excluding hydrogens is 338 g/mol. The molecule has 2 rings (SSSR count). The van der Waals surface area contributed by atoms with Gasteiger partial charge >= 0.3 is 0 Å². The minimum Gasteiger partial charge on any atom is -0.544 e. The quantitative estimate of drug-likeness (QED) is 0.305. The van der Waals surface area contributed by atoms with Gasteiger partial charge in [0, 0.05) is 5.56 Å². The van der Waals surface area contributed by atoms with Crippen LogP contribution < -0.4 is 4.43 Å². The van der Waals surface area contributed by atoms with Gasteiger partial charge in [-0.1, -0.05) is 61.8 Å². The lowest BCUT2D eigenvalue weighted by molar-refractivity contribution is 0.322. The standard InChI is InChI=1S/C19H24ClNO2Si/c1-19(2,3)24(4,5)23-17-10-8-14(9-11-17)15-6-7-16(13-21-22)18(20)12-15/h6-13,22H,1-5H3. The highest BCUT2D eigenvalue weighted by molar-refractivity contribution is 6.74. The topological polar surface area (TPSA) is 41.8 Å². The molecule has 1 N–H and O–H groups in total. The van der Waals surface area contributed by atoms with Crippen molar-refractivity contribution in [3.63, 3.8) is 0 Å². The second-order valence-corrected chi connectivity index (χ2v) is 12.5. The van der Waals surface area contributed by atoms with E-state index in [9.17, 15) is 0 Å². The molecule has 0 aromatic heterocycles. The third-order valence-corrected chi connectivity index (χ3v) is 9.25. The maximum atomic E-state index is 8.61.